The summed E-state index contributed by atoms with van der Waals surface area (Å²) in [7, 11) is 1.64. The molecule has 128 valence electrons. The van der Waals surface area contributed by atoms with Crippen molar-refractivity contribution >= 4 is 11.6 Å². The largest absolute Gasteiger partial charge is 0.497 e. The monoisotopic (exact) mass is 329 g/mol. The van der Waals surface area contributed by atoms with Gasteiger partial charge < -0.3 is 9.84 Å². The molecule has 1 aromatic carbocycles. The minimum absolute atomic E-state index is 0.0469. The number of Topliss-reactive ketones (excluding diaryl/α,β-unsaturated/α-hetero) is 2. The molecule has 24 heavy (non-hydrogen) atoms. The van der Waals surface area contributed by atoms with E-state index in [-0.39, 0.29) is 23.5 Å². The molecule has 1 saturated carbocycles. The standard InChI is InChI=1S/C19H23NO4/c1-24-14-4-2-12(3-5-14)10-16-17(22)15-11-20(16)19(18(15)23)8-6-13(21)7-9-19/h2-5,15-17,22H,6-11H2,1H3/t15-,16+,17-/m1/s1. The normalized spacial score (nSPS) is 34.1. The topological polar surface area (TPSA) is 66.8 Å². The number of rotatable bonds is 3. The molecule has 0 aromatic heterocycles. The van der Waals surface area contributed by atoms with E-state index in [1.807, 2.05) is 24.3 Å². The average molecular weight is 329 g/mol. The summed E-state index contributed by atoms with van der Waals surface area (Å²) < 4.78 is 5.19. The molecule has 1 N–H and O–H groups in total. The fourth-order valence-corrected chi connectivity index (χ4v) is 4.83. The molecule has 5 heteroatoms. The Morgan fingerprint density at radius 3 is 2.46 bits per heavy atom. The van der Waals surface area contributed by atoms with Crippen LogP contribution in [-0.2, 0) is 16.0 Å². The number of fused-ring (bicyclic) bond motifs is 3. The number of hydrogen-bond donors (Lipinski definition) is 1. The molecule has 1 spiro atoms. The van der Waals surface area contributed by atoms with Gasteiger partial charge in [0.2, 0.25) is 0 Å². The van der Waals surface area contributed by atoms with Gasteiger partial charge in [0.1, 0.15) is 11.5 Å². The van der Waals surface area contributed by atoms with E-state index in [9.17, 15) is 14.7 Å². The Hall–Kier alpha value is -1.72. The summed E-state index contributed by atoms with van der Waals surface area (Å²) in [5.41, 5.74) is 0.622. The van der Waals surface area contributed by atoms with Crippen LogP contribution in [0.2, 0.25) is 0 Å². The molecule has 3 aliphatic rings. The lowest BCUT2D eigenvalue weighted by molar-refractivity contribution is -0.142. The Bertz CT molecular complexity index is 658. The number of hydrogen-bond acceptors (Lipinski definition) is 5. The Labute approximate surface area is 141 Å². The Kier molecular flexibility index (Phi) is 3.73. The first-order valence-electron chi connectivity index (χ1n) is 8.69. The smallest absolute Gasteiger partial charge is 0.160 e. The summed E-state index contributed by atoms with van der Waals surface area (Å²) in [4.78, 5) is 26.6. The maximum atomic E-state index is 12.8. The fraction of sp³-hybridized carbons (Fsp3) is 0.579. The van der Waals surface area contributed by atoms with Crippen molar-refractivity contribution in [2.24, 2.45) is 5.92 Å². The Morgan fingerprint density at radius 1 is 1.21 bits per heavy atom. The van der Waals surface area contributed by atoms with Crippen LogP contribution in [0.25, 0.3) is 0 Å². The number of methoxy groups -OCH3 is 1. The van der Waals surface area contributed by atoms with Gasteiger partial charge in [0.05, 0.1) is 24.7 Å². The number of ether oxygens (including phenoxy) is 1. The molecule has 2 bridgehead atoms. The molecule has 1 unspecified atom stereocenters. The zero-order chi connectivity index (χ0) is 16.9. The van der Waals surface area contributed by atoms with Gasteiger partial charge in [0.15, 0.2) is 5.78 Å². The van der Waals surface area contributed by atoms with Crippen molar-refractivity contribution in [2.75, 3.05) is 13.7 Å². The predicted molar refractivity (Wildman–Crippen MR) is 87.9 cm³/mol. The minimum atomic E-state index is -0.608. The second kappa shape index (κ2) is 5.67. The first-order chi connectivity index (χ1) is 11.5. The van der Waals surface area contributed by atoms with Gasteiger partial charge >= 0.3 is 0 Å². The van der Waals surface area contributed by atoms with Gasteiger partial charge in [-0.05, 0) is 37.0 Å². The summed E-state index contributed by atoms with van der Waals surface area (Å²) in [6.45, 7) is 0.634. The SMILES string of the molecule is COc1ccc(C[C@H]2[C@H](O)[C@H]3CN2C2(CCC(=O)CC2)C3=O)cc1. The first-order valence-corrected chi connectivity index (χ1v) is 8.69. The van der Waals surface area contributed by atoms with Crippen molar-refractivity contribution in [3.8, 4) is 5.75 Å². The van der Waals surface area contributed by atoms with E-state index >= 15 is 0 Å². The summed E-state index contributed by atoms with van der Waals surface area (Å²) in [5.74, 6) is 0.935. The molecule has 4 rings (SSSR count). The second-order valence-corrected chi connectivity index (χ2v) is 7.30. The number of benzene rings is 1. The van der Waals surface area contributed by atoms with Crippen molar-refractivity contribution in [3.05, 3.63) is 29.8 Å². The first kappa shape index (κ1) is 15.8. The lowest BCUT2D eigenvalue weighted by Crippen LogP contribution is -2.61. The molecule has 3 fully saturated rings. The highest BCUT2D eigenvalue weighted by atomic mass is 16.5. The van der Waals surface area contributed by atoms with Crippen molar-refractivity contribution in [1.29, 1.82) is 0 Å². The fourth-order valence-electron chi connectivity index (χ4n) is 4.83. The van der Waals surface area contributed by atoms with Gasteiger partial charge in [-0.3, -0.25) is 14.5 Å². The zero-order valence-electron chi connectivity index (χ0n) is 13.9. The second-order valence-electron chi connectivity index (χ2n) is 7.30. The number of aliphatic hydroxyl groups excluding tert-OH is 1. The van der Waals surface area contributed by atoms with E-state index in [4.69, 9.17) is 4.74 Å². The molecule has 2 aliphatic heterocycles. The maximum absolute atomic E-state index is 12.8. The molecule has 0 radical (unpaired) electrons. The molecule has 2 saturated heterocycles. The molecular formula is C19H23NO4. The lowest BCUT2D eigenvalue weighted by Gasteiger charge is -2.46. The summed E-state index contributed by atoms with van der Waals surface area (Å²) >= 11 is 0. The molecule has 1 aliphatic carbocycles. The van der Waals surface area contributed by atoms with Crippen molar-refractivity contribution < 1.29 is 19.4 Å². The zero-order valence-corrected chi connectivity index (χ0v) is 13.9. The van der Waals surface area contributed by atoms with Crippen LogP contribution in [0.3, 0.4) is 0 Å². The summed E-state index contributed by atoms with van der Waals surface area (Å²) in [6, 6.07) is 7.82. The van der Waals surface area contributed by atoms with Crippen LogP contribution in [0.1, 0.15) is 31.2 Å². The number of piperidine rings is 1. The molecule has 2 heterocycles. The highest BCUT2D eigenvalue weighted by Gasteiger charge is 2.64. The van der Waals surface area contributed by atoms with Gasteiger partial charge in [0.25, 0.3) is 0 Å². The predicted octanol–water partition coefficient (Wildman–Crippen LogP) is 1.36. The van der Waals surface area contributed by atoms with Crippen molar-refractivity contribution in [3.63, 3.8) is 0 Å². The number of carbonyl (C=O) groups is 2. The van der Waals surface area contributed by atoms with Crippen LogP contribution in [-0.4, -0.2) is 52.9 Å². The van der Waals surface area contributed by atoms with E-state index in [1.54, 1.807) is 7.11 Å². The summed E-state index contributed by atoms with van der Waals surface area (Å²) in [5, 5.41) is 10.6. The van der Waals surface area contributed by atoms with E-state index in [0.29, 0.717) is 38.6 Å². The van der Waals surface area contributed by atoms with Crippen LogP contribution in [0.15, 0.2) is 24.3 Å². The molecule has 4 atom stereocenters. The van der Waals surface area contributed by atoms with Crippen molar-refractivity contribution in [1.82, 2.24) is 4.90 Å². The quantitative estimate of drug-likeness (QED) is 0.907. The van der Waals surface area contributed by atoms with Crippen LogP contribution < -0.4 is 4.74 Å². The number of ketones is 2. The van der Waals surface area contributed by atoms with E-state index in [2.05, 4.69) is 4.90 Å². The lowest BCUT2D eigenvalue weighted by atomic mass is 9.72. The van der Waals surface area contributed by atoms with Crippen LogP contribution in [0.5, 0.6) is 5.75 Å². The average Bonchev–Trinajstić information content (AvgIpc) is 3.06. The van der Waals surface area contributed by atoms with Gasteiger partial charge in [-0.1, -0.05) is 12.1 Å². The third kappa shape index (κ3) is 2.22. The molecule has 1 aromatic rings. The number of nitrogens with zero attached hydrogens (tertiary/aromatic N) is 1. The van der Waals surface area contributed by atoms with E-state index in [1.165, 1.54) is 0 Å². The third-order valence-electron chi connectivity index (χ3n) is 6.18. The van der Waals surface area contributed by atoms with Gasteiger partial charge in [-0.2, -0.15) is 0 Å². The van der Waals surface area contributed by atoms with E-state index in [0.717, 1.165) is 11.3 Å². The highest BCUT2D eigenvalue weighted by Crippen LogP contribution is 2.48. The van der Waals surface area contributed by atoms with E-state index < -0.39 is 11.6 Å². The van der Waals surface area contributed by atoms with Crippen LogP contribution in [0.4, 0.5) is 0 Å². The Morgan fingerprint density at radius 2 is 1.88 bits per heavy atom. The number of carbonyl (C=O) groups excluding carboxylic acids is 2. The van der Waals surface area contributed by atoms with Gasteiger partial charge in [-0.15, -0.1) is 0 Å². The van der Waals surface area contributed by atoms with Gasteiger partial charge in [-0.25, -0.2) is 0 Å². The minimum Gasteiger partial charge on any atom is -0.497 e. The molecule has 5 nitrogen and oxygen atoms in total. The van der Waals surface area contributed by atoms with Crippen molar-refractivity contribution in [2.45, 2.75) is 49.8 Å². The summed E-state index contributed by atoms with van der Waals surface area (Å²) in [6.07, 6.45) is 2.31. The molecular weight excluding hydrogens is 306 g/mol. The van der Waals surface area contributed by atoms with Crippen LogP contribution >= 0.6 is 0 Å². The van der Waals surface area contributed by atoms with Gasteiger partial charge in [0, 0.05) is 25.4 Å². The Balaban J connectivity index is 1.57. The maximum Gasteiger partial charge on any atom is 0.160 e. The molecule has 0 amide bonds. The number of aliphatic hydroxyl groups is 1. The third-order valence-corrected chi connectivity index (χ3v) is 6.18. The van der Waals surface area contributed by atoms with Crippen LogP contribution in [0, 0.1) is 5.92 Å². The highest BCUT2D eigenvalue weighted by molar-refractivity contribution is 5.96.